The Morgan fingerprint density at radius 2 is 1.68 bits per heavy atom. The van der Waals surface area contributed by atoms with Gasteiger partial charge in [0.1, 0.15) is 12.7 Å². The predicted molar refractivity (Wildman–Crippen MR) is 76.2 cm³/mol. The largest absolute Gasteiger partial charge is 0.287 e. The molecule has 3 rings (SSSR count). The number of rotatable bonds is 3. The number of thioether (sulfide) groups is 1. The highest BCUT2D eigenvalue weighted by Gasteiger charge is 2.31. The lowest BCUT2D eigenvalue weighted by atomic mass is 10.2. The molecule has 100 valence electrons. The van der Waals surface area contributed by atoms with Gasteiger partial charge >= 0.3 is 0 Å². The van der Waals surface area contributed by atoms with Crippen molar-refractivity contribution >= 4 is 11.8 Å². The summed E-state index contributed by atoms with van der Waals surface area (Å²) in [4.78, 5) is 1.25. The molecule has 5 nitrogen and oxygen atoms in total. The Balaban J connectivity index is 1.89. The summed E-state index contributed by atoms with van der Waals surface area (Å²) in [5, 5.41) is 8.26. The first kappa shape index (κ1) is 12.7. The Morgan fingerprint density at radius 1 is 1.05 bits per heavy atom. The lowest BCUT2D eigenvalue weighted by Gasteiger charge is -2.19. The molecule has 19 heavy (non-hydrogen) atoms. The predicted octanol–water partition coefficient (Wildman–Crippen LogP) is 1.61. The Labute approximate surface area is 116 Å². The lowest BCUT2D eigenvalue weighted by Crippen LogP contribution is -2.30. The zero-order chi connectivity index (χ0) is 13.2. The van der Waals surface area contributed by atoms with Gasteiger partial charge in [-0.05, 0) is 26.0 Å². The van der Waals surface area contributed by atoms with Gasteiger partial charge in [0.25, 0.3) is 0 Å². The molecule has 2 unspecified atom stereocenters. The molecule has 0 bridgehead atoms. The maximum atomic E-state index is 3.88. The van der Waals surface area contributed by atoms with Gasteiger partial charge < -0.3 is 0 Å². The molecule has 2 N–H and O–H groups in total. The first-order valence-electron chi connectivity index (χ1n) is 6.37. The minimum atomic E-state index is 0.439. The number of aromatic nitrogens is 3. The van der Waals surface area contributed by atoms with Crippen molar-refractivity contribution in [2.75, 3.05) is 0 Å². The molecule has 2 atom stereocenters. The second-order valence-corrected chi connectivity index (χ2v) is 6.01. The van der Waals surface area contributed by atoms with Crippen molar-refractivity contribution in [2.24, 2.45) is 0 Å². The zero-order valence-electron chi connectivity index (χ0n) is 10.9. The number of hydrogen-bond acceptors (Lipinski definition) is 5. The van der Waals surface area contributed by atoms with Gasteiger partial charge in [-0.15, -0.1) is 22.0 Å². The summed E-state index contributed by atoms with van der Waals surface area (Å²) >= 11 is 1.89. The maximum Gasteiger partial charge on any atom is 0.123 e. The van der Waals surface area contributed by atoms with Crippen molar-refractivity contribution in [3.05, 3.63) is 36.9 Å². The average molecular weight is 275 g/mol. The SMILES string of the molecule is CC1NNC(C)C1Sc1ccccc1-n1cnnc1. The van der Waals surface area contributed by atoms with E-state index in [-0.39, 0.29) is 0 Å². The van der Waals surface area contributed by atoms with Gasteiger partial charge in [0.05, 0.1) is 5.69 Å². The van der Waals surface area contributed by atoms with Crippen LogP contribution in [0.2, 0.25) is 0 Å². The van der Waals surface area contributed by atoms with E-state index in [9.17, 15) is 0 Å². The van der Waals surface area contributed by atoms with Crippen LogP contribution >= 0.6 is 11.8 Å². The summed E-state index contributed by atoms with van der Waals surface area (Å²) in [6.45, 7) is 4.41. The van der Waals surface area contributed by atoms with Gasteiger partial charge in [-0.2, -0.15) is 0 Å². The van der Waals surface area contributed by atoms with E-state index in [0.717, 1.165) is 5.69 Å². The van der Waals surface area contributed by atoms with Gasteiger partial charge in [0.15, 0.2) is 0 Å². The van der Waals surface area contributed by atoms with Crippen LogP contribution in [0.5, 0.6) is 0 Å². The van der Waals surface area contributed by atoms with E-state index < -0.39 is 0 Å². The molecule has 1 aliphatic rings. The van der Waals surface area contributed by atoms with Crippen LogP contribution in [0.25, 0.3) is 5.69 Å². The average Bonchev–Trinajstić information content (AvgIpc) is 3.05. The smallest absolute Gasteiger partial charge is 0.123 e. The molecule has 1 aromatic heterocycles. The first-order valence-corrected chi connectivity index (χ1v) is 7.25. The van der Waals surface area contributed by atoms with E-state index in [1.54, 1.807) is 12.7 Å². The van der Waals surface area contributed by atoms with Gasteiger partial charge in [-0.1, -0.05) is 12.1 Å². The fraction of sp³-hybridized carbons (Fsp3) is 0.385. The second kappa shape index (κ2) is 5.32. The Kier molecular flexibility index (Phi) is 3.54. The van der Waals surface area contributed by atoms with Crippen LogP contribution in [0.1, 0.15) is 13.8 Å². The lowest BCUT2D eigenvalue weighted by molar-refractivity contribution is 0.567. The van der Waals surface area contributed by atoms with E-state index in [4.69, 9.17) is 0 Å². The molecule has 0 radical (unpaired) electrons. The molecular weight excluding hydrogens is 258 g/mol. The normalized spacial score (nSPS) is 26.7. The van der Waals surface area contributed by atoms with Gasteiger partial charge in [0.2, 0.25) is 0 Å². The number of nitrogens with one attached hydrogen (secondary N) is 2. The summed E-state index contributed by atoms with van der Waals surface area (Å²) in [7, 11) is 0. The topological polar surface area (TPSA) is 54.8 Å². The van der Waals surface area contributed by atoms with E-state index in [2.05, 4.69) is 53.1 Å². The van der Waals surface area contributed by atoms with Crippen LogP contribution in [-0.4, -0.2) is 32.1 Å². The molecule has 1 aliphatic heterocycles. The molecule has 2 heterocycles. The fourth-order valence-electron chi connectivity index (χ4n) is 2.31. The van der Waals surface area contributed by atoms with Crippen molar-refractivity contribution < 1.29 is 0 Å². The van der Waals surface area contributed by atoms with Crippen LogP contribution in [-0.2, 0) is 0 Å². The highest BCUT2D eigenvalue weighted by molar-refractivity contribution is 8.00. The molecule has 1 aromatic carbocycles. The van der Waals surface area contributed by atoms with Crippen molar-refractivity contribution in [3.63, 3.8) is 0 Å². The van der Waals surface area contributed by atoms with E-state index in [1.165, 1.54) is 4.90 Å². The summed E-state index contributed by atoms with van der Waals surface area (Å²) in [6, 6.07) is 9.23. The molecule has 0 spiro atoms. The minimum absolute atomic E-state index is 0.439. The Hall–Kier alpha value is -1.37. The third-order valence-electron chi connectivity index (χ3n) is 3.35. The monoisotopic (exact) mass is 275 g/mol. The Bertz CT molecular complexity index is 532. The molecular formula is C13H17N5S. The van der Waals surface area contributed by atoms with Gasteiger partial charge in [-0.25, -0.2) is 0 Å². The maximum absolute atomic E-state index is 3.88. The molecule has 0 saturated carbocycles. The summed E-state index contributed by atoms with van der Waals surface area (Å²) in [6.07, 6.45) is 3.47. The molecule has 1 fully saturated rings. The molecule has 1 saturated heterocycles. The van der Waals surface area contributed by atoms with Crippen molar-refractivity contribution in [1.82, 2.24) is 25.6 Å². The van der Waals surface area contributed by atoms with Crippen molar-refractivity contribution in [3.8, 4) is 5.69 Å². The van der Waals surface area contributed by atoms with Crippen molar-refractivity contribution in [2.45, 2.75) is 36.1 Å². The highest BCUT2D eigenvalue weighted by atomic mass is 32.2. The molecule has 0 amide bonds. The van der Waals surface area contributed by atoms with E-state index >= 15 is 0 Å². The minimum Gasteiger partial charge on any atom is -0.287 e. The first-order chi connectivity index (χ1) is 9.25. The molecule has 0 aliphatic carbocycles. The Morgan fingerprint density at radius 3 is 2.37 bits per heavy atom. The van der Waals surface area contributed by atoms with Crippen LogP contribution < -0.4 is 10.9 Å². The number of hydrogen-bond donors (Lipinski definition) is 2. The second-order valence-electron chi connectivity index (χ2n) is 4.79. The van der Waals surface area contributed by atoms with Gasteiger partial charge in [0, 0.05) is 22.2 Å². The summed E-state index contributed by atoms with van der Waals surface area (Å²) in [5.41, 5.74) is 7.71. The quantitative estimate of drug-likeness (QED) is 0.891. The highest BCUT2D eigenvalue weighted by Crippen LogP contribution is 2.33. The van der Waals surface area contributed by atoms with Crippen LogP contribution in [0.3, 0.4) is 0 Å². The van der Waals surface area contributed by atoms with Crippen LogP contribution in [0.15, 0.2) is 41.8 Å². The standard InChI is InChI=1S/C13H17N5S/c1-9-13(10(2)17-16-9)19-12-6-4-3-5-11(12)18-7-14-15-8-18/h3-10,13,16-17H,1-2H3. The third kappa shape index (κ3) is 2.51. The number of nitrogens with zero attached hydrogens (tertiary/aromatic N) is 3. The number of para-hydroxylation sites is 1. The van der Waals surface area contributed by atoms with Crippen molar-refractivity contribution in [1.29, 1.82) is 0 Å². The van der Waals surface area contributed by atoms with Crippen LogP contribution in [0.4, 0.5) is 0 Å². The summed E-state index contributed by atoms with van der Waals surface area (Å²) in [5.74, 6) is 0. The number of benzene rings is 1. The number of hydrazine groups is 1. The third-order valence-corrected chi connectivity index (χ3v) is 5.04. The van der Waals surface area contributed by atoms with Crippen LogP contribution in [0, 0.1) is 0 Å². The van der Waals surface area contributed by atoms with E-state index in [1.807, 2.05) is 22.4 Å². The molecule has 2 aromatic rings. The van der Waals surface area contributed by atoms with Gasteiger partial charge in [-0.3, -0.25) is 15.4 Å². The fourth-order valence-corrected chi connectivity index (χ4v) is 3.60. The molecule has 6 heteroatoms. The summed E-state index contributed by atoms with van der Waals surface area (Å²) < 4.78 is 1.95. The zero-order valence-corrected chi connectivity index (χ0v) is 11.8. The van der Waals surface area contributed by atoms with E-state index in [0.29, 0.717) is 17.3 Å².